The zero-order valence-electron chi connectivity index (χ0n) is 11.9. The van der Waals surface area contributed by atoms with E-state index >= 15 is 0 Å². The Bertz CT molecular complexity index is 807. The Kier molecular flexibility index (Phi) is 3.52. The van der Waals surface area contributed by atoms with E-state index in [2.05, 4.69) is 29.5 Å². The maximum absolute atomic E-state index is 11.5. The Hall–Kier alpha value is -2.13. The summed E-state index contributed by atoms with van der Waals surface area (Å²) in [5.41, 5.74) is 3.53. The molecule has 0 unspecified atom stereocenters. The Labute approximate surface area is 128 Å². The van der Waals surface area contributed by atoms with Crippen molar-refractivity contribution < 1.29 is 4.79 Å². The number of rotatable bonds is 3. The molecule has 21 heavy (non-hydrogen) atoms. The average Bonchev–Trinajstić information content (AvgIpc) is 2.85. The number of carbonyl (C=O) groups is 1. The number of aldehydes is 1. The van der Waals surface area contributed by atoms with E-state index in [9.17, 15) is 4.79 Å². The van der Waals surface area contributed by atoms with Crippen molar-refractivity contribution in [3.05, 3.63) is 53.4 Å². The second-order valence-corrected chi connectivity index (χ2v) is 5.70. The van der Waals surface area contributed by atoms with Crippen molar-refractivity contribution in [3.63, 3.8) is 0 Å². The van der Waals surface area contributed by atoms with Crippen LogP contribution in [0.2, 0.25) is 5.02 Å². The SMILES string of the molecule is CC(C)n1cc(Cl)c2c(C=O)cc(-c3cccnc3)cc21. The summed E-state index contributed by atoms with van der Waals surface area (Å²) in [7, 11) is 0. The quantitative estimate of drug-likeness (QED) is 0.654. The number of nitrogens with zero attached hydrogens (tertiary/aromatic N) is 2. The fourth-order valence-electron chi connectivity index (χ4n) is 2.59. The summed E-state index contributed by atoms with van der Waals surface area (Å²) in [6, 6.07) is 8.05. The van der Waals surface area contributed by atoms with Gasteiger partial charge in [-0.1, -0.05) is 17.7 Å². The van der Waals surface area contributed by atoms with Gasteiger partial charge in [-0.25, -0.2) is 0 Å². The summed E-state index contributed by atoms with van der Waals surface area (Å²) in [5, 5.41) is 1.42. The highest BCUT2D eigenvalue weighted by Crippen LogP contribution is 2.34. The van der Waals surface area contributed by atoms with E-state index in [1.165, 1.54) is 0 Å². The Morgan fingerprint density at radius 3 is 2.71 bits per heavy atom. The van der Waals surface area contributed by atoms with Crippen molar-refractivity contribution in [2.45, 2.75) is 19.9 Å². The van der Waals surface area contributed by atoms with Crippen molar-refractivity contribution in [1.29, 1.82) is 0 Å². The highest BCUT2D eigenvalue weighted by Gasteiger charge is 2.15. The van der Waals surface area contributed by atoms with Crippen LogP contribution in [-0.2, 0) is 0 Å². The zero-order chi connectivity index (χ0) is 15.0. The van der Waals surface area contributed by atoms with E-state index in [1.54, 1.807) is 12.4 Å². The molecule has 0 amide bonds. The molecule has 0 aliphatic rings. The average molecular weight is 299 g/mol. The summed E-state index contributed by atoms with van der Waals surface area (Å²) in [6.45, 7) is 4.18. The predicted octanol–water partition coefficient (Wildman–Crippen LogP) is 4.75. The van der Waals surface area contributed by atoms with E-state index in [0.29, 0.717) is 10.6 Å². The van der Waals surface area contributed by atoms with E-state index in [-0.39, 0.29) is 6.04 Å². The first kappa shape index (κ1) is 13.8. The first-order valence-electron chi connectivity index (χ1n) is 6.81. The lowest BCUT2D eigenvalue weighted by molar-refractivity contribution is 0.112. The Morgan fingerprint density at radius 1 is 1.29 bits per heavy atom. The summed E-state index contributed by atoms with van der Waals surface area (Å²) < 4.78 is 2.09. The van der Waals surface area contributed by atoms with E-state index in [1.807, 2.05) is 24.4 Å². The largest absolute Gasteiger partial charge is 0.343 e. The van der Waals surface area contributed by atoms with Gasteiger partial charge in [0.15, 0.2) is 6.29 Å². The Morgan fingerprint density at radius 2 is 2.10 bits per heavy atom. The third-order valence-corrected chi connectivity index (χ3v) is 3.88. The molecule has 0 radical (unpaired) electrons. The van der Waals surface area contributed by atoms with Gasteiger partial charge in [0.05, 0.1) is 10.5 Å². The monoisotopic (exact) mass is 298 g/mol. The van der Waals surface area contributed by atoms with E-state index in [0.717, 1.165) is 28.3 Å². The standard InChI is InChI=1S/C17H15ClN2O/c1-11(2)20-9-15(18)17-14(10-21)6-13(7-16(17)20)12-4-3-5-19-8-12/h3-11H,1-2H3. The van der Waals surface area contributed by atoms with Gasteiger partial charge < -0.3 is 4.57 Å². The molecule has 0 saturated heterocycles. The van der Waals surface area contributed by atoms with Crippen molar-refractivity contribution in [2.24, 2.45) is 0 Å². The van der Waals surface area contributed by atoms with Crippen LogP contribution in [0.5, 0.6) is 0 Å². The Balaban J connectivity index is 2.35. The van der Waals surface area contributed by atoms with Crippen molar-refractivity contribution in [2.75, 3.05) is 0 Å². The number of fused-ring (bicyclic) bond motifs is 1. The van der Waals surface area contributed by atoms with Gasteiger partial charge in [0, 0.05) is 41.1 Å². The van der Waals surface area contributed by atoms with Crippen LogP contribution in [0.25, 0.3) is 22.0 Å². The number of benzene rings is 1. The van der Waals surface area contributed by atoms with Crippen LogP contribution in [-0.4, -0.2) is 15.8 Å². The van der Waals surface area contributed by atoms with Crippen LogP contribution in [0.1, 0.15) is 30.2 Å². The van der Waals surface area contributed by atoms with E-state index in [4.69, 9.17) is 11.6 Å². The first-order valence-corrected chi connectivity index (χ1v) is 7.19. The molecule has 2 heterocycles. The molecule has 0 spiro atoms. The summed E-state index contributed by atoms with van der Waals surface area (Å²) in [5.74, 6) is 0. The molecule has 3 aromatic rings. The number of aromatic nitrogens is 2. The van der Waals surface area contributed by atoms with Gasteiger partial charge in [0.25, 0.3) is 0 Å². The molecule has 106 valence electrons. The van der Waals surface area contributed by atoms with Gasteiger partial charge in [0.1, 0.15) is 0 Å². The van der Waals surface area contributed by atoms with Crippen LogP contribution < -0.4 is 0 Å². The molecule has 2 aromatic heterocycles. The third-order valence-electron chi connectivity index (χ3n) is 3.60. The topological polar surface area (TPSA) is 34.9 Å². The fraction of sp³-hybridized carbons (Fsp3) is 0.176. The second-order valence-electron chi connectivity index (χ2n) is 5.30. The summed E-state index contributed by atoms with van der Waals surface area (Å²) >= 11 is 6.31. The smallest absolute Gasteiger partial charge is 0.150 e. The van der Waals surface area contributed by atoms with E-state index < -0.39 is 0 Å². The molecule has 3 rings (SSSR count). The van der Waals surface area contributed by atoms with Gasteiger partial charge in [-0.2, -0.15) is 0 Å². The number of pyridine rings is 1. The minimum absolute atomic E-state index is 0.267. The van der Waals surface area contributed by atoms with Gasteiger partial charge in [-0.3, -0.25) is 9.78 Å². The van der Waals surface area contributed by atoms with Gasteiger partial charge in [-0.15, -0.1) is 0 Å². The molecule has 0 bridgehead atoms. The second kappa shape index (κ2) is 5.34. The number of carbonyl (C=O) groups excluding carboxylic acids is 1. The lowest BCUT2D eigenvalue weighted by Gasteiger charge is -2.11. The maximum atomic E-state index is 11.5. The van der Waals surface area contributed by atoms with Crippen molar-refractivity contribution in [1.82, 2.24) is 9.55 Å². The number of hydrogen-bond acceptors (Lipinski definition) is 2. The number of halogens is 1. The molecule has 0 atom stereocenters. The minimum atomic E-state index is 0.267. The van der Waals surface area contributed by atoms with Crippen molar-refractivity contribution >= 4 is 28.8 Å². The minimum Gasteiger partial charge on any atom is -0.343 e. The summed E-state index contributed by atoms with van der Waals surface area (Å²) in [6.07, 6.45) is 6.27. The molecule has 0 saturated carbocycles. The molecular weight excluding hydrogens is 284 g/mol. The highest BCUT2D eigenvalue weighted by atomic mass is 35.5. The predicted molar refractivity (Wildman–Crippen MR) is 86.0 cm³/mol. The van der Waals surface area contributed by atoms with Crippen LogP contribution in [0.3, 0.4) is 0 Å². The maximum Gasteiger partial charge on any atom is 0.150 e. The first-order chi connectivity index (χ1) is 10.1. The third kappa shape index (κ3) is 2.34. The molecule has 0 N–H and O–H groups in total. The zero-order valence-corrected chi connectivity index (χ0v) is 12.6. The molecule has 0 aliphatic carbocycles. The molecular formula is C17H15ClN2O. The van der Waals surface area contributed by atoms with Gasteiger partial charge in [0.2, 0.25) is 0 Å². The van der Waals surface area contributed by atoms with Crippen LogP contribution in [0.15, 0.2) is 42.9 Å². The lowest BCUT2D eigenvalue weighted by atomic mass is 10.0. The molecule has 0 fully saturated rings. The molecule has 1 aromatic carbocycles. The van der Waals surface area contributed by atoms with Gasteiger partial charge in [-0.05, 0) is 37.6 Å². The number of hydrogen-bond donors (Lipinski definition) is 0. The molecule has 4 heteroatoms. The van der Waals surface area contributed by atoms with Crippen molar-refractivity contribution in [3.8, 4) is 11.1 Å². The van der Waals surface area contributed by atoms with Crippen LogP contribution >= 0.6 is 11.6 Å². The normalized spacial score (nSPS) is 11.2. The molecule has 3 nitrogen and oxygen atoms in total. The molecule has 0 aliphatic heterocycles. The van der Waals surface area contributed by atoms with Crippen LogP contribution in [0, 0.1) is 0 Å². The highest BCUT2D eigenvalue weighted by molar-refractivity contribution is 6.36. The summed E-state index contributed by atoms with van der Waals surface area (Å²) in [4.78, 5) is 15.6. The van der Waals surface area contributed by atoms with Crippen LogP contribution in [0.4, 0.5) is 0 Å². The lowest BCUT2D eigenvalue weighted by Crippen LogP contribution is -1.98. The van der Waals surface area contributed by atoms with Gasteiger partial charge >= 0.3 is 0 Å². The fourth-order valence-corrected chi connectivity index (χ4v) is 2.90.